The smallest absolute Gasteiger partial charge is 0.164 e. The normalized spacial score (nSPS) is 11.7. The molecule has 0 amide bonds. The van der Waals surface area contributed by atoms with Gasteiger partial charge in [0, 0.05) is 53.2 Å². The van der Waals surface area contributed by atoms with E-state index in [1.54, 1.807) is 0 Å². The molecule has 280 valence electrons. The van der Waals surface area contributed by atoms with Crippen LogP contribution in [0.5, 0.6) is 0 Å². The van der Waals surface area contributed by atoms with Gasteiger partial charge in [0.1, 0.15) is 0 Å². The van der Waals surface area contributed by atoms with Gasteiger partial charge in [-0.05, 0) is 82.1 Å². The maximum Gasteiger partial charge on any atom is 0.164 e. The minimum absolute atomic E-state index is 0.622. The summed E-state index contributed by atoms with van der Waals surface area (Å²) in [6.07, 6.45) is 0. The molecule has 60 heavy (non-hydrogen) atoms. The molecular formula is C55H34N4S. The van der Waals surface area contributed by atoms with Crippen LogP contribution in [0, 0.1) is 0 Å². The van der Waals surface area contributed by atoms with E-state index in [0.29, 0.717) is 17.5 Å². The molecule has 4 nitrogen and oxygen atoms in total. The van der Waals surface area contributed by atoms with Crippen molar-refractivity contribution in [2.24, 2.45) is 0 Å². The van der Waals surface area contributed by atoms with Crippen molar-refractivity contribution in [3.63, 3.8) is 0 Å². The highest BCUT2D eigenvalue weighted by Gasteiger charge is 2.22. The fourth-order valence-electron chi connectivity index (χ4n) is 8.80. The molecule has 3 aromatic heterocycles. The van der Waals surface area contributed by atoms with Gasteiger partial charge in [-0.1, -0.05) is 152 Å². The Balaban J connectivity index is 1.17. The zero-order valence-electron chi connectivity index (χ0n) is 32.3. The highest BCUT2D eigenvalue weighted by atomic mass is 32.1. The standard InChI is InChI=1S/C55H34N4S/c1-4-15-35(16-5-1)42-24-14-25-48-52(42)46-31-38-21-10-11-22-39(38)34-49(46)59(48)47-29-27-41(33-44(47)40-28-30-51-45(32-40)43-23-12-13-26-50(43)60-51)55-57-53(36-17-6-2-7-18-36)56-54(58-55)37-19-8-3-9-20-37/h1-34H. The summed E-state index contributed by atoms with van der Waals surface area (Å²) >= 11 is 1.84. The summed E-state index contributed by atoms with van der Waals surface area (Å²) in [7, 11) is 0. The van der Waals surface area contributed by atoms with Crippen molar-refractivity contribution >= 4 is 64.1 Å². The number of nitrogens with zero attached hydrogens (tertiary/aromatic N) is 4. The first-order chi connectivity index (χ1) is 29.7. The predicted octanol–water partition coefficient (Wildman–Crippen LogP) is 14.8. The van der Waals surface area contributed by atoms with E-state index in [2.05, 4.69) is 174 Å². The molecule has 0 unspecified atom stereocenters. The fraction of sp³-hybridized carbons (Fsp3) is 0. The second-order valence-corrected chi connectivity index (χ2v) is 16.3. The van der Waals surface area contributed by atoms with Gasteiger partial charge < -0.3 is 4.57 Å². The van der Waals surface area contributed by atoms with Crippen molar-refractivity contribution in [1.29, 1.82) is 0 Å². The molecule has 0 spiro atoms. The lowest BCUT2D eigenvalue weighted by Crippen LogP contribution is -2.02. The van der Waals surface area contributed by atoms with E-state index in [9.17, 15) is 0 Å². The molecule has 0 atom stereocenters. The second kappa shape index (κ2) is 14.0. The Hall–Kier alpha value is -7.73. The Labute approximate surface area is 350 Å². The predicted molar refractivity (Wildman–Crippen MR) is 252 cm³/mol. The largest absolute Gasteiger partial charge is 0.309 e. The lowest BCUT2D eigenvalue weighted by Gasteiger charge is -2.17. The van der Waals surface area contributed by atoms with E-state index in [-0.39, 0.29) is 0 Å². The van der Waals surface area contributed by atoms with Crippen LogP contribution in [0.25, 0.3) is 115 Å². The van der Waals surface area contributed by atoms with Gasteiger partial charge in [-0.3, -0.25) is 0 Å². The molecule has 0 aliphatic rings. The quantitative estimate of drug-likeness (QED) is 0.169. The van der Waals surface area contributed by atoms with Gasteiger partial charge >= 0.3 is 0 Å². The molecule has 5 heteroatoms. The molecule has 0 aliphatic carbocycles. The zero-order valence-corrected chi connectivity index (χ0v) is 33.1. The number of fused-ring (bicyclic) bond motifs is 7. The molecule has 0 radical (unpaired) electrons. The number of rotatable bonds is 6. The number of benzene rings is 9. The van der Waals surface area contributed by atoms with Crippen LogP contribution in [0.3, 0.4) is 0 Å². The molecule has 0 fully saturated rings. The van der Waals surface area contributed by atoms with Gasteiger partial charge in [0.05, 0.1) is 16.7 Å². The third-order valence-electron chi connectivity index (χ3n) is 11.6. The van der Waals surface area contributed by atoms with Crippen LogP contribution >= 0.6 is 11.3 Å². The molecule has 0 N–H and O–H groups in total. The minimum atomic E-state index is 0.622. The third kappa shape index (κ3) is 5.70. The van der Waals surface area contributed by atoms with E-state index in [1.807, 2.05) is 47.7 Å². The molecule has 0 saturated carbocycles. The second-order valence-electron chi connectivity index (χ2n) is 15.2. The Morgan fingerprint density at radius 1 is 0.333 bits per heavy atom. The van der Waals surface area contributed by atoms with Crippen LogP contribution < -0.4 is 0 Å². The van der Waals surface area contributed by atoms with Crippen LogP contribution in [-0.2, 0) is 0 Å². The van der Waals surface area contributed by atoms with E-state index in [1.165, 1.54) is 52.8 Å². The minimum Gasteiger partial charge on any atom is -0.309 e. The number of thiophene rings is 1. The summed E-state index contributed by atoms with van der Waals surface area (Å²) in [4.78, 5) is 15.3. The average Bonchev–Trinajstić information content (AvgIpc) is 3.86. The van der Waals surface area contributed by atoms with E-state index < -0.39 is 0 Å². The molecule has 3 heterocycles. The van der Waals surface area contributed by atoms with Gasteiger partial charge in [-0.25, -0.2) is 15.0 Å². The van der Waals surface area contributed by atoms with Crippen molar-refractivity contribution in [3.05, 3.63) is 206 Å². The lowest BCUT2D eigenvalue weighted by atomic mass is 9.98. The maximum absolute atomic E-state index is 5.16. The molecule has 9 aromatic carbocycles. The first-order valence-electron chi connectivity index (χ1n) is 20.2. The summed E-state index contributed by atoms with van der Waals surface area (Å²) < 4.78 is 5.02. The molecular weight excluding hydrogens is 749 g/mol. The Bertz CT molecular complexity index is 3530. The average molecular weight is 783 g/mol. The Kier molecular flexibility index (Phi) is 8.00. The van der Waals surface area contributed by atoms with Crippen LogP contribution in [0.4, 0.5) is 0 Å². The monoisotopic (exact) mass is 782 g/mol. The van der Waals surface area contributed by atoms with Gasteiger partial charge in [0.15, 0.2) is 17.5 Å². The molecule has 0 saturated heterocycles. The van der Waals surface area contributed by atoms with E-state index >= 15 is 0 Å². The molecule has 0 aliphatic heterocycles. The van der Waals surface area contributed by atoms with Gasteiger partial charge in [0.25, 0.3) is 0 Å². The van der Waals surface area contributed by atoms with Crippen molar-refractivity contribution in [1.82, 2.24) is 19.5 Å². The molecule has 0 bridgehead atoms. The summed E-state index contributed by atoms with van der Waals surface area (Å²) in [6.45, 7) is 0. The van der Waals surface area contributed by atoms with E-state index in [0.717, 1.165) is 44.5 Å². The van der Waals surface area contributed by atoms with Crippen LogP contribution in [0.15, 0.2) is 206 Å². The number of hydrogen-bond donors (Lipinski definition) is 0. The molecule has 12 rings (SSSR count). The van der Waals surface area contributed by atoms with Crippen molar-refractivity contribution in [2.45, 2.75) is 0 Å². The van der Waals surface area contributed by atoms with Gasteiger partial charge in [-0.15, -0.1) is 11.3 Å². The Morgan fingerprint density at radius 2 is 0.917 bits per heavy atom. The SMILES string of the molecule is c1ccc(-c2nc(-c3ccccc3)nc(-c3ccc(-n4c5cc6ccccc6cc5c5c(-c6ccccc6)cccc54)c(-c4ccc5sc6ccccc6c5c4)c3)n2)cc1. The van der Waals surface area contributed by atoms with Gasteiger partial charge in [-0.2, -0.15) is 0 Å². The van der Waals surface area contributed by atoms with Gasteiger partial charge in [0.2, 0.25) is 0 Å². The van der Waals surface area contributed by atoms with Crippen LogP contribution in [-0.4, -0.2) is 19.5 Å². The first kappa shape index (κ1) is 34.3. The number of hydrogen-bond acceptors (Lipinski definition) is 4. The van der Waals surface area contributed by atoms with Crippen LogP contribution in [0.2, 0.25) is 0 Å². The van der Waals surface area contributed by atoms with Crippen molar-refractivity contribution in [3.8, 4) is 62.1 Å². The lowest BCUT2D eigenvalue weighted by molar-refractivity contribution is 1.07. The Morgan fingerprint density at radius 3 is 1.63 bits per heavy atom. The van der Waals surface area contributed by atoms with E-state index in [4.69, 9.17) is 15.0 Å². The molecule has 12 aromatic rings. The summed E-state index contributed by atoms with van der Waals surface area (Å²) in [5, 5.41) is 7.39. The zero-order chi connectivity index (χ0) is 39.6. The fourth-order valence-corrected chi connectivity index (χ4v) is 9.89. The first-order valence-corrected chi connectivity index (χ1v) is 21.0. The highest BCUT2D eigenvalue weighted by Crippen LogP contribution is 2.44. The number of aromatic nitrogens is 4. The van der Waals surface area contributed by atoms with Crippen LogP contribution in [0.1, 0.15) is 0 Å². The third-order valence-corrected chi connectivity index (χ3v) is 12.8. The summed E-state index contributed by atoms with van der Waals surface area (Å²) in [5.74, 6) is 1.90. The topological polar surface area (TPSA) is 43.6 Å². The summed E-state index contributed by atoms with van der Waals surface area (Å²) in [5.41, 5.74) is 10.8. The van der Waals surface area contributed by atoms with Crippen molar-refractivity contribution in [2.75, 3.05) is 0 Å². The highest BCUT2D eigenvalue weighted by molar-refractivity contribution is 7.25. The summed E-state index contributed by atoms with van der Waals surface area (Å²) in [6, 6.07) is 73.6. The maximum atomic E-state index is 5.16. The van der Waals surface area contributed by atoms with Crippen molar-refractivity contribution < 1.29 is 0 Å².